The van der Waals surface area contributed by atoms with Crippen LogP contribution in [0.1, 0.15) is 4.88 Å². The highest BCUT2D eigenvalue weighted by Crippen LogP contribution is 2.20. The first-order chi connectivity index (χ1) is 7.25. The Morgan fingerprint density at radius 3 is 3.00 bits per heavy atom. The van der Waals surface area contributed by atoms with Crippen LogP contribution in [0.4, 0.5) is 5.82 Å². The number of ether oxygens (including phenoxy) is 1. The van der Waals surface area contributed by atoms with E-state index in [0.29, 0.717) is 18.2 Å². The monoisotopic (exact) mass is 223 g/mol. The Hall–Kier alpha value is -1.82. The first kappa shape index (κ1) is 9.72. The van der Waals surface area contributed by atoms with E-state index in [1.165, 1.54) is 17.6 Å². The van der Waals surface area contributed by atoms with Gasteiger partial charge in [-0.25, -0.2) is 0 Å². The molecule has 2 rings (SSSR count). The lowest BCUT2D eigenvalue weighted by Crippen LogP contribution is -1.97. The summed E-state index contributed by atoms with van der Waals surface area (Å²) in [7, 11) is 0. The van der Waals surface area contributed by atoms with Crippen molar-refractivity contribution >= 4 is 17.4 Å². The van der Waals surface area contributed by atoms with E-state index in [1.807, 2.05) is 0 Å². The molecule has 1 aromatic heterocycles. The highest BCUT2D eigenvalue weighted by atomic mass is 32.1. The normalized spacial score (nSPS) is 10.1. The number of hydrogen-bond donors (Lipinski definition) is 2. The van der Waals surface area contributed by atoms with E-state index in [2.05, 4.69) is 9.59 Å². The smallest absolute Gasteiger partial charge is 0.165 e. The zero-order valence-corrected chi connectivity index (χ0v) is 8.57. The van der Waals surface area contributed by atoms with Crippen LogP contribution in [0.25, 0.3) is 0 Å². The Kier molecular flexibility index (Phi) is 2.68. The molecule has 1 aromatic carbocycles. The molecule has 0 unspecified atom stereocenters. The number of nitrogens with two attached hydrogens (primary N) is 1. The molecular weight excluding hydrogens is 214 g/mol. The van der Waals surface area contributed by atoms with Crippen molar-refractivity contribution in [2.75, 3.05) is 5.73 Å². The number of aromatic hydroxyl groups is 1. The van der Waals surface area contributed by atoms with Gasteiger partial charge in [0.2, 0.25) is 0 Å². The molecule has 0 amide bonds. The third-order valence-corrected chi connectivity index (χ3v) is 2.48. The summed E-state index contributed by atoms with van der Waals surface area (Å²) in [6.07, 6.45) is 0. The molecule has 0 atom stereocenters. The Bertz CT molecular complexity index is 458. The van der Waals surface area contributed by atoms with Crippen LogP contribution in [0.5, 0.6) is 11.5 Å². The van der Waals surface area contributed by atoms with Crippen molar-refractivity contribution in [1.82, 2.24) is 9.59 Å². The van der Waals surface area contributed by atoms with Crippen LogP contribution in [-0.4, -0.2) is 14.7 Å². The Labute approximate surface area is 90.3 Å². The van der Waals surface area contributed by atoms with E-state index in [4.69, 9.17) is 10.5 Å². The first-order valence-electron chi connectivity index (χ1n) is 4.24. The van der Waals surface area contributed by atoms with Crippen molar-refractivity contribution in [1.29, 1.82) is 0 Å². The standard InChI is InChI=1S/C9H9N3O2S/c10-9-8(15-12-11-9)5-14-7-3-1-2-6(13)4-7/h1-4,13H,5,10H2. The summed E-state index contributed by atoms with van der Waals surface area (Å²) >= 11 is 1.20. The second-order valence-electron chi connectivity index (χ2n) is 2.87. The predicted octanol–water partition coefficient (Wildman–Crippen LogP) is 1.40. The van der Waals surface area contributed by atoms with Gasteiger partial charge in [0.25, 0.3) is 0 Å². The molecule has 5 nitrogen and oxygen atoms in total. The number of nitrogen functional groups attached to an aromatic ring is 1. The topological polar surface area (TPSA) is 81.3 Å². The molecular formula is C9H9N3O2S. The van der Waals surface area contributed by atoms with Crippen molar-refractivity contribution in [2.24, 2.45) is 0 Å². The number of nitrogens with zero attached hydrogens (tertiary/aromatic N) is 2. The summed E-state index contributed by atoms with van der Waals surface area (Å²) < 4.78 is 9.09. The van der Waals surface area contributed by atoms with Gasteiger partial charge in [0.1, 0.15) is 23.0 Å². The van der Waals surface area contributed by atoms with Gasteiger partial charge in [-0.1, -0.05) is 10.6 Å². The van der Waals surface area contributed by atoms with Crippen LogP contribution >= 0.6 is 11.5 Å². The van der Waals surface area contributed by atoms with Crippen LogP contribution in [0.2, 0.25) is 0 Å². The summed E-state index contributed by atoms with van der Waals surface area (Å²) in [4.78, 5) is 0.776. The molecule has 0 aliphatic carbocycles. The van der Waals surface area contributed by atoms with E-state index in [0.717, 1.165) is 4.88 Å². The van der Waals surface area contributed by atoms with Gasteiger partial charge in [-0.2, -0.15) is 0 Å². The molecule has 15 heavy (non-hydrogen) atoms. The lowest BCUT2D eigenvalue weighted by Gasteiger charge is -2.04. The van der Waals surface area contributed by atoms with E-state index in [-0.39, 0.29) is 5.75 Å². The summed E-state index contributed by atoms with van der Waals surface area (Å²) in [5, 5.41) is 12.9. The minimum Gasteiger partial charge on any atom is -0.508 e. The summed E-state index contributed by atoms with van der Waals surface area (Å²) in [6.45, 7) is 0.312. The van der Waals surface area contributed by atoms with Gasteiger partial charge in [0.05, 0.1) is 0 Å². The highest BCUT2D eigenvalue weighted by molar-refractivity contribution is 7.05. The van der Waals surface area contributed by atoms with Gasteiger partial charge in [-0.3, -0.25) is 0 Å². The zero-order chi connectivity index (χ0) is 10.7. The molecule has 6 heteroatoms. The number of hydrogen-bond acceptors (Lipinski definition) is 6. The number of benzene rings is 1. The van der Waals surface area contributed by atoms with Crippen molar-refractivity contribution in [3.63, 3.8) is 0 Å². The van der Waals surface area contributed by atoms with Gasteiger partial charge in [-0.15, -0.1) is 5.10 Å². The molecule has 3 N–H and O–H groups in total. The molecule has 0 spiro atoms. The molecule has 0 aliphatic rings. The Morgan fingerprint density at radius 1 is 1.47 bits per heavy atom. The molecule has 78 valence electrons. The maximum absolute atomic E-state index is 9.20. The van der Waals surface area contributed by atoms with Crippen LogP contribution in [0.15, 0.2) is 24.3 Å². The van der Waals surface area contributed by atoms with Crippen LogP contribution in [0, 0.1) is 0 Å². The minimum absolute atomic E-state index is 0.169. The SMILES string of the molecule is Nc1nnsc1COc1cccc(O)c1. The van der Waals surface area contributed by atoms with Gasteiger partial charge < -0.3 is 15.6 Å². The molecule has 1 heterocycles. The van der Waals surface area contributed by atoms with Gasteiger partial charge >= 0.3 is 0 Å². The largest absolute Gasteiger partial charge is 0.508 e. The molecule has 0 aliphatic heterocycles. The average Bonchev–Trinajstić information content (AvgIpc) is 2.61. The molecule has 2 aromatic rings. The van der Waals surface area contributed by atoms with E-state index in [1.54, 1.807) is 18.2 Å². The number of rotatable bonds is 3. The fourth-order valence-corrected chi connectivity index (χ4v) is 1.51. The van der Waals surface area contributed by atoms with Crippen molar-refractivity contribution in [3.05, 3.63) is 29.1 Å². The predicted molar refractivity (Wildman–Crippen MR) is 56.8 cm³/mol. The third-order valence-electron chi connectivity index (χ3n) is 1.77. The Balaban J connectivity index is 2.02. The van der Waals surface area contributed by atoms with E-state index in [9.17, 15) is 5.11 Å². The van der Waals surface area contributed by atoms with Gasteiger partial charge in [-0.05, 0) is 23.7 Å². The van der Waals surface area contributed by atoms with Crippen LogP contribution in [0.3, 0.4) is 0 Å². The number of aromatic nitrogens is 2. The van der Waals surface area contributed by atoms with Crippen LogP contribution in [-0.2, 0) is 6.61 Å². The van der Waals surface area contributed by atoms with Crippen LogP contribution < -0.4 is 10.5 Å². The maximum Gasteiger partial charge on any atom is 0.165 e. The molecule has 0 fully saturated rings. The van der Waals surface area contributed by atoms with Gasteiger partial charge in [0.15, 0.2) is 5.82 Å². The van der Waals surface area contributed by atoms with Crippen molar-refractivity contribution < 1.29 is 9.84 Å². The van der Waals surface area contributed by atoms with Gasteiger partial charge in [0, 0.05) is 6.07 Å². The third kappa shape index (κ3) is 2.35. The fourth-order valence-electron chi connectivity index (χ4n) is 1.04. The lowest BCUT2D eigenvalue weighted by atomic mass is 10.3. The summed E-state index contributed by atoms with van der Waals surface area (Å²) in [5.74, 6) is 1.14. The highest BCUT2D eigenvalue weighted by Gasteiger charge is 2.04. The number of phenols is 1. The first-order valence-corrected chi connectivity index (χ1v) is 5.01. The second kappa shape index (κ2) is 4.14. The molecule has 0 saturated carbocycles. The number of phenolic OH excluding ortho intramolecular Hbond substituents is 1. The maximum atomic E-state index is 9.20. The molecule has 0 saturated heterocycles. The second-order valence-corrected chi connectivity index (χ2v) is 3.71. The van der Waals surface area contributed by atoms with Crippen molar-refractivity contribution in [2.45, 2.75) is 6.61 Å². The molecule has 0 radical (unpaired) electrons. The molecule has 0 bridgehead atoms. The van der Waals surface area contributed by atoms with E-state index >= 15 is 0 Å². The van der Waals surface area contributed by atoms with E-state index < -0.39 is 0 Å². The fraction of sp³-hybridized carbons (Fsp3) is 0.111. The Morgan fingerprint density at radius 2 is 2.33 bits per heavy atom. The average molecular weight is 223 g/mol. The minimum atomic E-state index is 0.169. The van der Waals surface area contributed by atoms with Crippen molar-refractivity contribution in [3.8, 4) is 11.5 Å². The quantitative estimate of drug-likeness (QED) is 0.822. The lowest BCUT2D eigenvalue weighted by molar-refractivity contribution is 0.308. The zero-order valence-electron chi connectivity index (χ0n) is 7.75. The number of anilines is 1. The summed E-state index contributed by atoms with van der Waals surface area (Å²) in [5.41, 5.74) is 5.54. The summed E-state index contributed by atoms with van der Waals surface area (Å²) in [6, 6.07) is 6.57.